The van der Waals surface area contributed by atoms with Gasteiger partial charge >= 0.3 is 0 Å². The summed E-state index contributed by atoms with van der Waals surface area (Å²) in [7, 11) is 6.16. The Labute approximate surface area is 107 Å². The van der Waals surface area contributed by atoms with Gasteiger partial charge < -0.3 is 15.0 Å². The van der Waals surface area contributed by atoms with Gasteiger partial charge in [-0.2, -0.15) is 0 Å². The van der Waals surface area contributed by atoms with E-state index in [0.29, 0.717) is 12.1 Å². The van der Waals surface area contributed by atoms with E-state index >= 15 is 0 Å². The number of rotatable bonds is 9. The van der Waals surface area contributed by atoms with Crippen LogP contribution in [0, 0.1) is 11.8 Å². The SMILES string of the molecule is COCC(NCC(CC(C)C)N(C)C)C1CC1. The molecule has 102 valence electrons. The van der Waals surface area contributed by atoms with E-state index in [0.717, 1.165) is 25.0 Å². The van der Waals surface area contributed by atoms with Crippen LogP contribution in [-0.4, -0.2) is 51.3 Å². The quantitative estimate of drug-likeness (QED) is 0.669. The summed E-state index contributed by atoms with van der Waals surface area (Å²) >= 11 is 0. The topological polar surface area (TPSA) is 24.5 Å². The Bertz CT molecular complexity index is 202. The van der Waals surface area contributed by atoms with E-state index in [1.54, 1.807) is 7.11 Å². The van der Waals surface area contributed by atoms with E-state index in [1.807, 2.05) is 0 Å². The summed E-state index contributed by atoms with van der Waals surface area (Å²) in [5.41, 5.74) is 0. The zero-order valence-electron chi connectivity index (χ0n) is 12.2. The minimum Gasteiger partial charge on any atom is -0.383 e. The van der Waals surface area contributed by atoms with Gasteiger partial charge in [0.2, 0.25) is 0 Å². The second-order valence-corrected chi connectivity index (χ2v) is 6.05. The largest absolute Gasteiger partial charge is 0.383 e. The zero-order valence-corrected chi connectivity index (χ0v) is 12.2. The van der Waals surface area contributed by atoms with Gasteiger partial charge in [0, 0.05) is 25.7 Å². The van der Waals surface area contributed by atoms with Gasteiger partial charge in [0.15, 0.2) is 0 Å². The third-order valence-corrected chi connectivity index (χ3v) is 3.63. The smallest absolute Gasteiger partial charge is 0.0618 e. The second-order valence-electron chi connectivity index (χ2n) is 6.05. The Morgan fingerprint density at radius 2 is 1.94 bits per heavy atom. The van der Waals surface area contributed by atoms with Gasteiger partial charge in [-0.3, -0.25) is 0 Å². The van der Waals surface area contributed by atoms with Crippen LogP contribution in [-0.2, 0) is 4.74 Å². The predicted molar refractivity (Wildman–Crippen MR) is 73.3 cm³/mol. The van der Waals surface area contributed by atoms with Crippen LogP contribution in [0.15, 0.2) is 0 Å². The summed E-state index contributed by atoms with van der Waals surface area (Å²) in [5.74, 6) is 1.61. The lowest BCUT2D eigenvalue weighted by Crippen LogP contribution is -2.45. The van der Waals surface area contributed by atoms with Gasteiger partial charge in [-0.15, -0.1) is 0 Å². The molecule has 0 aromatic carbocycles. The number of hydrogen-bond donors (Lipinski definition) is 1. The highest BCUT2D eigenvalue weighted by Crippen LogP contribution is 2.32. The summed E-state index contributed by atoms with van der Waals surface area (Å²) in [4.78, 5) is 2.34. The van der Waals surface area contributed by atoms with E-state index in [2.05, 4.69) is 38.2 Å². The molecule has 0 spiro atoms. The normalized spacial score (nSPS) is 19.9. The van der Waals surface area contributed by atoms with Crippen molar-refractivity contribution < 1.29 is 4.74 Å². The van der Waals surface area contributed by atoms with Crippen molar-refractivity contribution in [1.29, 1.82) is 0 Å². The summed E-state index contributed by atoms with van der Waals surface area (Å²) in [6.45, 7) is 6.52. The fourth-order valence-corrected chi connectivity index (χ4v) is 2.35. The van der Waals surface area contributed by atoms with Crippen LogP contribution >= 0.6 is 0 Å². The first kappa shape index (κ1) is 14.9. The third kappa shape index (κ3) is 5.84. The standard InChI is InChI=1S/C14H30N2O/c1-11(2)8-13(16(3)4)9-15-14(10-17-5)12-6-7-12/h11-15H,6-10H2,1-5H3. The molecule has 1 aliphatic carbocycles. The van der Waals surface area contributed by atoms with Crippen molar-refractivity contribution in [3.8, 4) is 0 Å². The van der Waals surface area contributed by atoms with Gasteiger partial charge in [0.05, 0.1) is 6.61 Å². The molecule has 1 aliphatic rings. The molecule has 1 fully saturated rings. The fourth-order valence-electron chi connectivity index (χ4n) is 2.35. The molecule has 3 heteroatoms. The maximum absolute atomic E-state index is 5.30. The molecule has 0 heterocycles. The first-order valence-corrected chi connectivity index (χ1v) is 6.93. The highest BCUT2D eigenvalue weighted by molar-refractivity contribution is 4.87. The number of nitrogens with one attached hydrogen (secondary N) is 1. The zero-order chi connectivity index (χ0) is 12.8. The summed E-state index contributed by atoms with van der Waals surface area (Å²) in [6, 6.07) is 1.20. The molecule has 0 saturated heterocycles. The van der Waals surface area contributed by atoms with Gasteiger partial charge in [0.25, 0.3) is 0 Å². The molecule has 0 aliphatic heterocycles. The highest BCUT2D eigenvalue weighted by atomic mass is 16.5. The summed E-state index contributed by atoms with van der Waals surface area (Å²) in [5, 5.41) is 3.70. The van der Waals surface area contributed by atoms with E-state index in [-0.39, 0.29) is 0 Å². The van der Waals surface area contributed by atoms with Crippen LogP contribution in [0.1, 0.15) is 33.1 Å². The van der Waals surface area contributed by atoms with Gasteiger partial charge in [-0.05, 0) is 45.2 Å². The van der Waals surface area contributed by atoms with Gasteiger partial charge in [-0.25, -0.2) is 0 Å². The number of hydrogen-bond acceptors (Lipinski definition) is 3. The monoisotopic (exact) mass is 242 g/mol. The Hall–Kier alpha value is -0.120. The van der Waals surface area contributed by atoms with Crippen molar-refractivity contribution in [1.82, 2.24) is 10.2 Å². The maximum Gasteiger partial charge on any atom is 0.0618 e. The minimum atomic E-state index is 0.564. The van der Waals surface area contributed by atoms with Crippen LogP contribution < -0.4 is 5.32 Å². The molecule has 2 atom stereocenters. The maximum atomic E-state index is 5.30. The average molecular weight is 242 g/mol. The number of likely N-dealkylation sites (N-methyl/N-ethyl adjacent to an activating group) is 1. The Kier molecular flexibility index (Phi) is 6.45. The van der Waals surface area contributed by atoms with Gasteiger partial charge in [-0.1, -0.05) is 13.8 Å². The molecule has 2 unspecified atom stereocenters. The van der Waals surface area contributed by atoms with Crippen LogP contribution in [0.2, 0.25) is 0 Å². The van der Waals surface area contributed by atoms with Crippen molar-refractivity contribution in [2.75, 3.05) is 34.4 Å². The third-order valence-electron chi connectivity index (χ3n) is 3.63. The predicted octanol–water partition coefficient (Wildman–Crippen LogP) is 1.98. The fraction of sp³-hybridized carbons (Fsp3) is 1.00. The molecular formula is C14H30N2O. The molecular weight excluding hydrogens is 212 g/mol. The molecule has 0 aromatic heterocycles. The van der Waals surface area contributed by atoms with E-state index in [1.165, 1.54) is 19.3 Å². The molecule has 0 bridgehead atoms. The molecule has 3 nitrogen and oxygen atoms in total. The van der Waals surface area contributed by atoms with Crippen LogP contribution in [0.25, 0.3) is 0 Å². The van der Waals surface area contributed by atoms with Crippen LogP contribution in [0.3, 0.4) is 0 Å². The average Bonchev–Trinajstić information content (AvgIpc) is 3.05. The lowest BCUT2D eigenvalue weighted by atomic mass is 10.0. The van der Waals surface area contributed by atoms with Crippen LogP contribution in [0.5, 0.6) is 0 Å². The van der Waals surface area contributed by atoms with Crippen molar-refractivity contribution in [3.63, 3.8) is 0 Å². The molecule has 0 radical (unpaired) electrons. The lowest BCUT2D eigenvalue weighted by Gasteiger charge is -2.28. The number of nitrogens with zero attached hydrogens (tertiary/aromatic N) is 1. The van der Waals surface area contributed by atoms with Crippen LogP contribution in [0.4, 0.5) is 0 Å². The van der Waals surface area contributed by atoms with Gasteiger partial charge in [0.1, 0.15) is 0 Å². The summed E-state index contributed by atoms with van der Waals surface area (Å²) < 4.78 is 5.30. The Morgan fingerprint density at radius 3 is 2.35 bits per heavy atom. The van der Waals surface area contributed by atoms with Crippen molar-refractivity contribution in [2.45, 2.75) is 45.2 Å². The van der Waals surface area contributed by atoms with E-state index < -0.39 is 0 Å². The first-order valence-electron chi connectivity index (χ1n) is 6.93. The molecule has 1 rings (SSSR count). The second kappa shape index (κ2) is 7.34. The lowest BCUT2D eigenvalue weighted by molar-refractivity contribution is 0.149. The summed E-state index contributed by atoms with van der Waals surface area (Å²) in [6.07, 6.45) is 4.00. The van der Waals surface area contributed by atoms with Crippen molar-refractivity contribution in [2.24, 2.45) is 11.8 Å². The first-order chi connectivity index (χ1) is 8.04. The molecule has 1 saturated carbocycles. The Balaban J connectivity index is 2.32. The van der Waals surface area contributed by atoms with E-state index in [4.69, 9.17) is 4.74 Å². The van der Waals surface area contributed by atoms with E-state index in [9.17, 15) is 0 Å². The molecule has 0 aromatic rings. The van der Waals surface area contributed by atoms with Crippen molar-refractivity contribution >= 4 is 0 Å². The number of ether oxygens (including phenoxy) is 1. The molecule has 1 N–H and O–H groups in total. The Morgan fingerprint density at radius 1 is 1.29 bits per heavy atom. The highest BCUT2D eigenvalue weighted by Gasteiger charge is 2.31. The molecule has 17 heavy (non-hydrogen) atoms. The van der Waals surface area contributed by atoms with Crippen molar-refractivity contribution in [3.05, 3.63) is 0 Å². The molecule has 0 amide bonds. The minimum absolute atomic E-state index is 0.564. The number of methoxy groups -OCH3 is 1.